The van der Waals surface area contributed by atoms with Crippen molar-refractivity contribution in [2.45, 2.75) is 45.5 Å². The quantitative estimate of drug-likeness (QED) is 0.235. The van der Waals surface area contributed by atoms with Gasteiger partial charge in [-0.05, 0) is 33.1 Å². The summed E-state index contributed by atoms with van der Waals surface area (Å²) in [6.45, 7) is 7.96. The van der Waals surface area contributed by atoms with Crippen LogP contribution in [0.25, 0.3) is 0 Å². The molecule has 6 nitrogen and oxygen atoms in total. The number of aliphatic imine (C=N–C) groups is 1. The maximum atomic E-state index is 10.8. The van der Waals surface area contributed by atoms with Crippen molar-refractivity contribution in [2.75, 3.05) is 13.7 Å². The Balaban J connectivity index is 2.87. The van der Waals surface area contributed by atoms with E-state index in [9.17, 15) is 4.79 Å². The van der Waals surface area contributed by atoms with E-state index in [1.54, 1.807) is 13.3 Å². The molecule has 0 amide bonds. The van der Waals surface area contributed by atoms with Gasteiger partial charge in [0.1, 0.15) is 12.4 Å². The maximum Gasteiger partial charge on any atom is 0.165 e. The highest BCUT2D eigenvalue weighted by Crippen LogP contribution is 2.20. The summed E-state index contributed by atoms with van der Waals surface area (Å²) in [5.41, 5.74) is 0.431. The van der Waals surface area contributed by atoms with E-state index < -0.39 is 0 Å². The molecule has 0 radical (unpaired) electrons. The molecule has 0 aromatic heterocycles. The first-order chi connectivity index (χ1) is 9.60. The monoisotopic (exact) mass is 280 g/mol. The van der Waals surface area contributed by atoms with Crippen molar-refractivity contribution >= 4 is 18.3 Å². The molecule has 0 saturated carbocycles. The van der Waals surface area contributed by atoms with Gasteiger partial charge in [0.25, 0.3) is 0 Å². The third-order valence-corrected chi connectivity index (χ3v) is 3.22. The number of ether oxygens (including phenoxy) is 1. The number of carbonyl (C=O) groups excluding carboxylic acids is 1. The summed E-state index contributed by atoms with van der Waals surface area (Å²) in [6.07, 6.45) is 6.82. The van der Waals surface area contributed by atoms with Gasteiger partial charge in [-0.25, -0.2) is 10.0 Å². The molecule has 0 bridgehead atoms. The Morgan fingerprint density at radius 1 is 1.50 bits per heavy atom. The topological polar surface area (TPSA) is 57.5 Å². The average molecular weight is 280 g/mol. The minimum atomic E-state index is -0.103. The molecule has 1 heterocycles. The number of aldehydes is 1. The summed E-state index contributed by atoms with van der Waals surface area (Å²) in [7, 11) is 1.90. The smallest absolute Gasteiger partial charge is 0.165 e. The Kier molecular flexibility index (Phi) is 6.93. The third kappa shape index (κ3) is 4.77. The number of hydrazone groups is 1. The molecule has 1 fully saturated rings. The number of nitrogens with zero attached hydrogens (tertiary/aromatic N) is 4. The van der Waals surface area contributed by atoms with E-state index in [-0.39, 0.29) is 12.4 Å². The van der Waals surface area contributed by atoms with Crippen LogP contribution in [-0.4, -0.2) is 54.3 Å². The largest absolute Gasteiger partial charge is 0.357 e. The molecule has 0 N–H and O–H groups in total. The van der Waals surface area contributed by atoms with Crippen molar-refractivity contribution in [1.29, 1.82) is 0 Å². The molecule has 1 aliphatic heterocycles. The standard InChI is InChI=1S/C14H24N4O2/c1-5-15-11-17(4)13(3)18(16-12(2)10-19)14-8-6-7-9-20-14/h5,10-11,13-14H,1,6-9H2,2-4H3/b15-11?,16-12+. The highest BCUT2D eigenvalue weighted by molar-refractivity contribution is 6.26. The summed E-state index contributed by atoms with van der Waals surface area (Å²) in [6, 6.07) is 0. The fourth-order valence-electron chi connectivity index (χ4n) is 1.96. The number of carbonyl (C=O) groups is 1. The zero-order valence-corrected chi connectivity index (χ0v) is 12.5. The first kappa shape index (κ1) is 16.4. The van der Waals surface area contributed by atoms with Crippen LogP contribution in [0.2, 0.25) is 0 Å². The minimum absolute atomic E-state index is 0.0725. The zero-order valence-electron chi connectivity index (χ0n) is 12.5. The molecule has 1 rings (SSSR count). The normalized spacial score (nSPS) is 21.6. The van der Waals surface area contributed by atoms with E-state index in [0.29, 0.717) is 5.71 Å². The van der Waals surface area contributed by atoms with Gasteiger partial charge < -0.3 is 9.64 Å². The predicted octanol–water partition coefficient (Wildman–Crippen LogP) is 1.84. The predicted molar refractivity (Wildman–Crippen MR) is 80.5 cm³/mol. The summed E-state index contributed by atoms with van der Waals surface area (Å²) in [5, 5.41) is 6.21. The number of rotatable bonds is 7. The van der Waals surface area contributed by atoms with Gasteiger partial charge in [-0.1, -0.05) is 6.58 Å². The molecule has 2 atom stereocenters. The van der Waals surface area contributed by atoms with Gasteiger partial charge in [-0.3, -0.25) is 4.79 Å². The van der Waals surface area contributed by atoms with Gasteiger partial charge >= 0.3 is 0 Å². The molecule has 0 spiro atoms. The van der Waals surface area contributed by atoms with Crippen LogP contribution in [0.15, 0.2) is 22.9 Å². The third-order valence-electron chi connectivity index (χ3n) is 3.22. The second-order valence-electron chi connectivity index (χ2n) is 4.80. The van der Waals surface area contributed by atoms with Gasteiger partial charge in [0.05, 0.1) is 12.1 Å². The summed E-state index contributed by atoms with van der Waals surface area (Å²) in [5.74, 6) is 0. The lowest BCUT2D eigenvalue weighted by Gasteiger charge is -2.39. The zero-order chi connectivity index (χ0) is 15.0. The first-order valence-electron chi connectivity index (χ1n) is 6.86. The highest BCUT2D eigenvalue weighted by Gasteiger charge is 2.26. The fourth-order valence-corrected chi connectivity index (χ4v) is 1.96. The fraction of sp³-hybridized carbons (Fsp3) is 0.643. The van der Waals surface area contributed by atoms with Gasteiger partial charge in [-0.15, -0.1) is 0 Å². The molecule has 112 valence electrons. The van der Waals surface area contributed by atoms with Crippen LogP contribution >= 0.6 is 0 Å². The Hall–Kier alpha value is -1.69. The van der Waals surface area contributed by atoms with Crippen LogP contribution in [0.4, 0.5) is 0 Å². The Labute approximate surface area is 120 Å². The summed E-state index contributed by atoms with van der Waals surface area (Å²) < 4.78 is 5.77. The molecule has 20 heavy (non-hydrogen) atoms. The van der Waals surface area contributed by atoms with Gasteiger partial charge in [-0.2, -0.15) is 5.10 Å². The van der Waals surface area contributed by atoms with Crippen LogP contribution in [0.5, 0.6) is 0 Å². The van der Waals surface area contributed by atoms with Crippen LogP contribution < -0.4 is 0 Å². The van der Waals surface area contributed by atoms with E-state index in [2.05, 4.69) is 16.7 Å². The molecular weight excluding hydrogens is 256 g/mol. The Morgan fingerprint density at radius 2 is 2.25 bits per heavy atom. The van der Waals surface area contributed by atoms with Gasteiger partial charge in [0.15, 0.2) is 6.29 Å². The average Bonchev–Trinajstić information content (AvgIpc) is 2.50. The lowest BCUT2D eigenvalue weighted by Crippen LogP contribution is -2.48. The SMILES string of the molecule is C=CN=CN(C)C(C)N(/N=C(\C)C=O)C1CCCCO1. The van der Waals surface area contributed by atoms with Crippen molar-refractivity contribution in [3.8, 4) is 0 Å². The van der Waals surface area contributed by atoms with Crippen molar-refractivity contribution in [1.82, 2.24) is 9.91 Å². The van der Waals surface area contributed by atoms with Crippen LogP contribution in [0.1, 0.15) is 33.1 Å². The number of hydrogen-bond acceptors (Lipinski definition) is 5. The van der Waals surface area contributed by atoms with Gasteiger partial charge in [0, 0.05) is 19.9 Å². The summed E-state index contributed by atoms with van der Waals surface area (Å²) in [4.78, 5) is 16.7. The van der Waals surface area contributed by atoms with E-state index in [1.165, 1.54) is 6.20 Å². The van der Waals surface area contributed by atoms with Crippen molar-refractivity contribution < 1.29 is 9.53 Å². The van der Waals surface area contributed by atoms with Crippen LogP contribution in [0, 0.1) is 0 Å². The van der Waals surface area contributed by atoms with E-state index in [4.69, 9.17) is 4.74 Å². The lowest BCUT2D eigenvalue weighted by molar-refractivity contribution is -0.116. The Bertz CT molecular complexity index is 375. The summed E-state index contributed by atoms with van der Waals surface area (Å²) >= 11 is 0. The molecule has 1 aliphatic rings. The lowest BCUT2D eigenvalue weighted by atomic mass is 10.2. The van der Waals surface area contributed by atoms with Crippen molar-refractivity contribution in [2.24, 2.45) is 10.1 Å². The van der Waals surface area contributed by atoms with Gasteiger partial charge in [0.2, 0.25) is 0 Å². The molecule has 1 saturated heterocycles. The first-order valence-corrected chi connectivity index (χ1v) is 6.86. The molecule has 6 heteroatoms. The second-order valence-corrected chi connectivity index (χ2v) is 4.80. The van der Waals surface area contributed by atoms with E-state index >= 15 is 0 Å². The molecule has 0 aliphatic carbocycles. The van der Waals surface area contributed by atoms with Crippen molar-refractivity contribution in [3.63, 3.8) is 0 Å². The highest BCUT2D eigenvalue weighted by atomic mass is 16.5. The van der Waals surface area contributed by atoms with E-state index in [1.807, 2.05) is 23.9 Å². The Morgan fingerprint density at radius 3 is 2.80 bits per heavy atom. The molecule has 0 aromatic carbocycles. The van der Waals surface area contributed by atoms with E-state index in [0.717, 1.165) is 32.2 Å². The second kappa shape index (κ2) is 8.47. The van der Waals surface area contributed by atoms with Crippen LogP contribution in [-0.2, 0) is 9.53 Å². The molecular formula is C14H24N4O2. The minimum Gasteiger partial charge on any atom is -0.357 e. The van der Waals surface area contributed by atoms with Crippen LogP contribution in [0.3, 0.4) is 0 Å². The van der Waals surface area contributed by atoms with Crippen molar-refractivity contribution in [3.05, 3.63) is 12.8 Å². The number of hydrogen-bond donors (Lipinski definition) is 0. The maximum absolute atomic E-state index is 10.8. The molecule has 0 aromatic rings. The molecule has 2 unspecified atom stereocenters.